The summed E-state index contributed by atoms with van der Waals surface area (Å²) in [6.45, 7) is 0. The zero-order valence-electron chi connectivity index (χ0n) is 18.0. The van der Waals surface area contributed by atoms with E-state index in [9.17, 15) is 0 Å². The first-order chi connectivity index (χ1) is 15.1. The van der Waals surface area contributed by atoms with Crippen LogP contribution in [0.15, 0.2) is 36.7 Å². The molecule has 164 valence electrons. The number of pyridine rings is 2. The molecule has 3 aromatic heterocycles. The number of hydrogen-bond donors (Lipinski definition) is 3. The highest BCUT2D eigenvalue weighted by atomic mass is 35.5. The fourth-order valence-corrected chi connectivity index (χ4v) is 5.78. The van der Waals surface area contributed by atoms with Crippen molar-refractivity contribution in [3.05, 3.63) is 41.8 Å². The molecule has 5 rings (SSSR count). The maximum absolute atomic E-state index is 6.39. The summed E-state index contributed by atoms with van der Waals surface area (Å²) < 4.78 is 0. The molecule has 2 saturated carbocycles. The van der Waals surface area contributed by atoms with Gasteiger partial charge in [-0.1, -0.05) is 11.6 Å². The first kappa shape index (κ1) is 20.8. The van der Waals surface area contributed by atoms with E-state index in [-0.39, 0.29) is 0 Å². The number of nitrogens with zero attached hydrogens (tertiary/aromatic N) is 2. The molecule has 0 aromatic carbocycles. The van der Waals surface area contributed by atoms with Crippen LogP contribution in [0.4, 0.5) is 5.82 Å². The number of rotatable bonds is 5. The van der Waals surface area contributed by atoms with E-state index in [1.54, 1.807) is 6.20 Å². The van der Waals surface area contributed by atoms with Crippen LogP contribution >= 0.6 is 11.6 Å². The van der Waals surface area contributed by atoms with Gasteiger partial charge in [-0.25, -0.2) is 9.97 Å². The highest BCUT2D eigenvalue weighted by Gasteiger charge is 2.26. The number of nitrogens with one attached hydrogen (secondary N) is 2. The summed E-state index contributed by atoms with van der Waals surface area (Å²) in [6, 6.07) is 9.00. The van der Waals surface area contributed by atoms with E-state index in [0.29, 0.717) is 17.2 Å². The molecular weight excluding hydrogens is 406 g/mol. The van der Waals surface area contributed by atoms with Gasteiger partial charge in [0.2, 0.25) is 0 Å². The van der Waals surface area contributed by atoms with Crippen molar-refractivity contribution in [3.63, 3.8) is 0 Å². The van der Waals surface area contributed by atoms with Gasteiger partial charge in [0, 0.05) is 35.4 Å². The Labute approximate surface area is 189 Å². The van der Waals surface area contributed by atoms with Crippen molar-refractivity contribution in [2.75, 3.05) is 5.32 Å². The molecule has 0 atom stereocenters. The highest BCUT2D eigenvalue weighted by molar-refractivity contribution is 6.29. The normalized spacial score (nSPS) is 26.8. The summed E-state index contributed by atoms with van der Waals surface area (Å²) in [6.07, 6.45) is 15.3. The lowest BCUT2D eigenvalue weighted by molar-refractivity contribution is 0.229. The van der Waals surface area contributed by atoms with Crippen molar-refractivity contribution < 1.29 is 0 Å². The predicted molar refractivity (Wildman–Crippen MR) is 128 cm³/mol. The molecule has 31 heavy (non-hydrogen) atoms. The van der Waals surface area contributed by atoms with Crippen LogP contribution in [0.25, 0.3) is 22.2 Å². The minimum absolute atomic E-state index is 0.451. The molecule has 4 N–H and O–H groups in total. The highest BCUT2D eigenvalue weighted by Crippen LogP contribution is 2.36. The smallest absolute Gasteiger partial charge is 0.137 e. The van der Waals surface area contributed by atoms with E-state index in [0.717, 1.165) is 39.8 Å². The molecule has 2 aliphatic carbocycles. The average molecular weight is 438 g/mol. The van der Waals surface area contributed by atoms with Crippen molar-refractivity contribution in [2.24, 2.45) is 17.6 Å². The average Bonchev–Trinajstić information content (AvgIpc) is 3.21. The fourth-order valence-electron chi connectivity index (χ4n) is 5.57. The largest absolute Gasteiger partial charge is 0.367 e. The third-order valence-electron chi connectivity index (χ3n) is 7.31. The van der Waals surface area contributed by atoms with Crippen LogP contribution in [0.2, 0.25) is 5.15 Å². The minimum Gasteiger partial charge on any atom is -0.367 e. The number of nitrogens with two attached hydrogens (primary N) is 1. The molecule has 0 spiro atoms. The van der Waals surface area contributed by atoms with Crippen molar-refractivity contribution in [3.8, 4) is 11.1 Å². The van der Waals surface area contributed by atoms with Gasteiger partial charge in [-0.05, 0) is 99.5 Å². The molecule has 0 saturated heterocycles. The summed E-state index contributed by atoms with van der Waals surface area (Å²) in [5.41, 5.74) is 9.12. The van der Waals surface area contributed by atoms with Crippen LogP contribution in [0.1, 0.15) is 57.8 Å². The topological polar surface area (TPSA) is 79.6 Å². The van der Waals surface area contributed by atoms with Gasteiger partial charge in [-0.15, -0.1) is 0 Å². The second kappa shape index (κ2) is 9.17. The Hall–Kier alpha value is -2.11. The third kappa shape index (κ3) is 4.88. The first-order valence-corrected chi connectivity index (χ1v) is 12.1. The van der Waals surface area contributed by atoms with E-state index in [4.69, 9.17) is 17.3 Å². The van der Waals surface area contributed by atoms with Gasteiger partial charge in [0.1, 0.15) is 16.6 Å². The van der Waals surface area contributed by atoms with Gasteiger partial charge < -0.3 is 16.0 Å². The Morgan fingerprint density at radius 2 is 1.77 bits per heavy atom. The Kier molecular flexibility index (Phi) is 6.15. The predicted octanol–water partition coefficient (Wildman–Crippen LogP) is 6.16. The van der Waals surface area contributed by atoms with E-state index >= 15 is 0 Å². The van der Waals surface area contributed by atoms with Crippen LogP contribution in [-0.2, 0) is 0 Å². The Morgan fingerprint density at radius 3 is 2.55 bits per heavy atom. The summed E-state index contributed by atoms with van der Waals surface area (Å²) in [4.78, 5) is 12.2. The molecule has 0 aliphatic heterocycles. The SMILES string of the molecule is NC1CCC(CC2CCC(Nc3cc(-c4c[nH]c5ncccc45)cc(Cl)n3)CC2)CC1. The molecule has 2 aliphatic rings. The van der Waals surface area contributed by atoms with Crippen LogP contribution in [0.5, 0.6) is 0 Å². The Balaban J connectivity index is 1.21. The molecule has 5 nitrogen and oxygen atoms in total. The number of hydrogen-bond acceptors (Lipinski definition) is 4. The summed E-state index contributed by atoms with van der Waals surface area (Å²) in [5.74, 6) is 2.64. The molecule has 0 radical (unpaired) electrons. The molecule has 6 heteroatoms. The van der Waals surface area contributed by atoms with Crippen molar-refractivity contribution in [1.29, 1.82) is 0 Å². The molecule has 3 heterocycles. The third-order valence-corrected chi connectivity index (χ3v) is 7.51. The first-order valence-electron chi connectivity index (χ1n) is 11.8. The molecule has 0 amide bonds. The van der Waals surface area contributed by atoms with Crippen molar-refractivity contribution in [2.45, 2.75) is 69.9 Å². The van der Waals surface area contributed by atoms with E-state index in [1.807, 2.05) is 18.3 Å². The van der Waals surface area contributed by atoms with Gasteiger partial charge in [-0.2, -0.15) is 0 Å². The van der Waals surface area contributed by atoms with Crippen LogP contribution < -0.4 is 11.1 Å². The summed E-state index contributed by atoms with van der Waals surface area (Å²) >= 11 is 6.39. The van der Waals surface area contributed by atoms with Crippen LogP contribution in [0.3, 0.4) is 0 Å². The standard InChI is InChI=1S/C25H32ClN5/c26-23-13-18(22-15-29-25-21(22)2-1-11-28-25)14-24(31-23)30-20-9-5-17(6-10-20)12-16-3-7-19(27)8-4-16/h1-2,11,13-17,19-20H,3-10,12,27H2,(H,28,29)(H,30,31). The van der Waals surface area contributed by atoms with E-state index in [1.165, 1.54) is 57.8 Å². The molecule has 0 unspecified atom stereocenters. The van der Waals surface area contributed by atoms with Gasteiger partial charge in [0.25, 0.3) is 0 Å². The summed E-state index contributed by atoms with van der Waals surface area (Å²) in [5, 5.41) is 5.28. The maximum Gasteiger partial charge on any atom is 0.137 e. The molecule has 3 aromatic rings. The van der Waals surface area contributed by atoms with E-state index < -0.39 is 0 Å². The van der Waals surface area contributed by atoms with Gasteiger partial charge >= 0.3 is 0 Å². The monoisotopic (exact) mass is 437 g/mol. The lowest BCUT2D eigenvalue weighted by Gasteiger charge is -2.33. The van der Waals surface area contributed by atoms with E-state index in [2.05, 4.69) is 32.4 Å². The number of aromatic amines is 1. The zero-order chi connectivity index (χ0) is 21.2. The quantitative estimate of drug-likeness (QED) is 0.418. The lowest BCUT2D eigenvalue weighted by atomic mass is 9.76. The number of H-pyrrole nitrogens is 1. The van der Waals surface area contributed by atoms with Crippen molar-refractivity contribution in [1.82, 2.24) is 15.0 Å². The second-order valence-corrected chi connectivity index (χ2v) is 9.93. The van der Waals surface area contributed by atoms with Gasteiger partial charge in [0.05, 0.1) is 0 Å². The number of aromatic nitrogens is 3. The fraction of sp³-hybridized carbons (Fsp3) is 0.520. The van der Waals surface area contributed by atoms with Crippen molar-refractivity contribution >= 4 is 28.5 Å². The number of fused-ring (bicyclic) bond motifs is 1. The van der Waals surface area contributed by atoms with Gasteiger partial charge in [-0.3, -0.25) is 0 Å². The minimum atomic E-state index is 0.451. The number of anilines is 1. The second-order valence-electron chi connectivity index (χ2n) is 9.54. The van der Waals surface area contributed by atoms with Gasteiger partial charge in [0.15, 0.2) is 0 Å². The molecular formula is C25H32ClN5. The van der Waals surface area contributed by atoms with Crippen LogP contribution in [-0.4, -0.2) is 27.0 Å². The maximum atomic E-state index is 6.39. The molecule has 0 bridgehead atoms. The molecule has 2 fully saturated rings. The Morgan fingerprint density at radius 1 is 1.03 bits per heavy atom. The Bertz CT molecular complexity index is 1020. The summed E-state index contributed by atoms with van der Waals surface area (Å²) in [7, 11) is 0. The number of halogens is 1. The zero-order valence-corrected chi connectivity index (χ0v) is 18.7. The lowest BCUT2D eigenvalue weighted by Crippen LogP contribution is -2.30. The van der Waals surface area contributed by atoms with Crippen LogP contribution in [0, 0.1) is 11.8 Å².